The summed E-state index contributed by atoms with van der Waals surface area (Å²) in [5.41, 5.74) is 0.733. The van der Waals surface area contributed by atoms with Gasteiger partial charge in [0.1, 0.15) is 0 Å². The molecule has 1 atom stereocenters. The first-order valence-electron chi connectivity index (χ1n) is 6.46. The van der Waals surface area contributed by atoms with Crippen LogP contribution in [0.15, 0.2) is 24.3 Å². The molecular weight excluding hydrogens is 278 g/mol. The van der Waals surface area contributed by atoms with E-state index < -0.39 is 16.8 Å². The summed E-state index contributed by atoms with van der Waals surface area (Å²) in [5, 5.41) is 22.1. The summed E-state index contributed by atoms with van der Waals surface area (Å²) in [7, 11) is 0. The number of benzene rings is 1. The predicted molar refractivity (Wildman–Crippen MR) is 72.6 cm³/mol. The molecule has 112 valence electrons. The molecule has 0 radical (unpaired) electrons. The van der Waals surface area contributed by atoms with E-state index in [1.165, 1.54) is 17.0 Å². The fraction of sp³-hybridized carbons (Fsp3) is 0.385. The number of nitro groups is 1. The lowest BCUT2D eigenvalue weighted by atomic mass is 10.1. The van der Waals surface area contributed by atoms with E-state index in [0.717, 1.165) is 5.56 Å². The standard InChI is InChI=1S/C13H15N3O5/c17-12(18)10-5-6-15(8-10)13(19)14-7-9-1-3-11(4-2-9)16(20)21/h1-4,10H,5-8H2,(H,14,19)(H,17,18). The molecule has 0 bridgehead atoms. The van der Waals surface area contributed by atoms with Crippen LogP contribution in [0.25, 0.3) is 0 Å². The van der Waals surface area contributed by atoms with Crippen molar-refractivity contribution in [3.8, 4) is 0 Å². The zero-order valence-electron chi connectivity index (χ0n) is 11.2. The zero-order chi connectivity index (χ0) is 15.4. The van der Waals surface area contributed by atoms with Gasteiger partial charge in [-0.3, -0.25) is 14.9 Å². The summed E-state index contributed by atoms with van der Waals surface area (Å²) in [5.74, 6) is -1.39. The van der Waals surface area contributed by atoms with Crippen LogP contribution in [0.3, 0.4) is 0 Å². The minimum atomic E-state index is -0.888. The SMILES string of the molecule is O=C(O)C1CCN(C(=O)NCc2ccc([N+](=O)[O-])cc2)C1. The zero-order valence-corrected chi connectivity index (χ0v) is 11.2. The van der Waals surface area contributed by atoms with Crippen LogP contribution >= 0.6 is 0 Å². The second-order valence-electron chi connectivity index (χ2n) is 4.85. The molecule has 1 fully saturated rings. The Kier molecular flexibility index (Phi) is 4.36. The molecule has 8 nitrogen and oxygen atoms in total. The van der Waals surface area contributed by atoms with Gasteiger partial charge in [0.15, 0.2) is 0 Å². The summed E-state index contributed by atoms with van der Waals surface area (Å²) >= 11 is 0. The molecule has 2 N–H and O–H groups in total. The van der Waals surface area contributed by atoms with Gasteiger partial charge in [-0.25, -0.2) is 4.79 Å². The van der Waals surface area contributed by atoms with Gasteiger partial charge in [-0.2, -0.15) is 0 Å². The number of rotatable bonds is 4. The largest absolute Gasteiger partial charge is 0.481 e. The van der Waals surface area contributed by atoms with E-state index in [0.29, 0.717) is 13.0 Å². The Labute approximate surface area is 120 Å². The van der Waals surface area contributed by atoms with Crippen LogP contribution in [0, 0.1) is 16.0 Å². The molecule has 0 saturated carbocycles. The number of hydrogen-bond donors (Lipinski definition) is 2. The highest BCUT2D eigenvalue weighted by Gasteiger charge is 2.30. The quantitative estimate of drug-likeness (QED) is 0.640. The number of carboxylic acid groups (broad SMARTS) is 1. The topological polar surface area (TPSA) is 113 Å². The Hall–Kier alpha value is -2.64. The summed E-state index contributed by atoms with van der Waals surface area (Å²) in [4.78, 5) is 34.2. The first-order valence-corrected chi connectivity index (χ1v) is 6.46. The van der Waals surface area contributed by atoms with Gasteiger partial charge in [-0.15, -0.1) is 0 Å². The third-order valence-electron chi connectivity index (χ3n) is 3.42. The Balaban J connectivity index is 1.84. The van der Waals surface area contributed by atoms with Crippen molar-refractivity contribution >= 4 is 17.7 Å². The number of hydrogen-bond acceptors (Lipinski definition) is 4. The van der Waals surface area contributed by atoms with Crippen molar-refractivity contribution < 1.29 is 19.6 Å². The molecule has 2 rings (SSSR count). The third kappa shape index (κ3) is 3.68. The molecule has 1 unspecified atom stereocenters. The van der Waals surface area contributed by atoms with Crippen molar-refractivity contribution in [2.24, 2.45) is 5.92 Å². The van der Waals surface area contributed by atoms with Gasteiger partial charge in [-0.05, 0) is 12.0 Å². The number of carbonyl (C=O) groups is 2. The molecule has 0 aliphatic carbocycles. The van der Waals surface area contributed by atoms with E-state index in [9.17, 15) is 19.7 Å². The van der Waals surface area contributed by atoms with Crippen molar-refractivity contribution in [1.29, 1.82) is 0 Å². The highest BCUT2D eigenvalue weighted by atomic mass is 16.6. The molecule has 21 heavy (non-hydrogen) atoms. The maximum Gasteiger partial charge on any atom is 0.317 e. The molecule has 1 aromatic carbocycles. The van der Waals surface area contributed by atoms with Gasteiger partial charge in [0.25, 0.3) is 5.69 Å². The molecule has 0 aromatic heterocycles. The van der Waals surface area contributed by atoms with Crippen molar-refractivity contribution in [3.63, 3.8) is 0 Å². The summed E-state index contributed by atoms with van der Waals surface area (Å²) in [6.07, 6.45) is 0.459. The summed E-state index contributed by atoms with van der Waals surface area (Å²) in [6, 6.07) is 5.57. The summed E-state index contributed by atoms with van der Waals surface area (Å²) in [6.45, 7) is 0.871. The number of nitrogens with zero attached hydrogens (tertiary/aromatic N) is 2. The number of carboxylic acids is 1. The van der Waals surface area contributed by atoms with Crippen molar-refractivity contribution in [1.82, 2.24) is 10.2 Å². The van der Waals surface area contributed by atoms with Crippen LogP contribution < -0.4 is 5.32 Å². The van der Waals surface area contributed by atoms with Crippen molar-refractivity contribution in [2.75, 3.05) is 13.1 Å². The maximum absolute atomic E-state index is 11.9. The smallest absolute Gasteiger partial charge is 0.317 e. The lowest BCUT2D eigenvalue weighted by Crippen LogP contribution is -2.38. The Bertz CT molecular complexity index is 557. The number of urea groups is 1. The van der Waals surface area contributed by atoms with Crippen LogP contribution in [0.4, 0.5) is 10.5 Å². The highest BCUT2D eigenvalue weighted by molar-refractivity contribution is 5.77. The van der Waals surface area contributed by atoms with E-state index in [1.807, 2.05) is 0 Å². The predicted octanol–water partition coefficient (Wildman–Crippen LogP) is 1.21. The number of aliphatic carboxylic acids is 1. The Morgan fingerprint density at radius 1 is 1.38 bits per heavy atom. The van der Waals surface area contributed by atoms with Crippen molar-refractivity contribution in [3.05, 3.63) is 39.9 Å². The first-order chi connectivity index (χ1) is 9.97. The third-order valence-corrected chi connectivity index (χ3v) is 3.42. The number of carbonyl (C=O) groups excluding carboxylic acids is 1. The molecule has 0 spiro atoms. The van der Waals surface area contributed by atoms with Gasteiger partial charge in [-0.1, -0.05) is 12.1 Å². The van der Waals surface area contributed by atoms with Crippen LogP contribution in [-0.4, -0.2) is 40.0 Å². The molecule has 1 aromatic rings. The number of non-ortho nitro benzene ring substituents is 1. The molecule has 1 heterocycles. The number of nitrogens with one attached hydrogen (secondary N) is 1. The van der Waals surface area contributed by atoms with E-state index in [2.05, 4.69) is 5.32 Å². The number of amides is 2. The molecule has 8 heteroatoms. The fourth-order valence-electron chi connectivity index (χ4n) is 2.17. The van der Waals surface area contributed by atoms with E-state index in [1.54, 1.807) is 12.1 Å². The molecular formula is C13H15N3O5. The van der Waals surface area contributed by atoms with Gasteiger partial charge in [0.05, 0.1) is 10.8 Å². The second kappa shape index (κ2) is 6.21. The van der Waals surface area contributed by atoms with Crippen LogP contribution in [0.2, 0.25) is 0 Å². The average molecular weight is 293 g/mol. The van der Waals surface area contributed by atoms with Gasteiger partial charge < -0.3 is 15.3 Å². The molecule has 1 saturated heterocycles. The minimum absolute atomic E-state index is 0.00563. The molecule has 1 aliphatic rings. The number of likely N-dealkylation sites (tertiary alicyclic amines) is 1. The summed E-state index contributed by atoms with van der Waals surface area (Å²) < 4.78 is 0. The second-order valence-corrected chi connectivity index (χ2v) is 4.85. The highest BCUT2D eigenvalue weighted by Crippen LogP contribution is 2.16. The fourth-order valence-corrected chi connectivity index (χ4v) is 2.17. The first kappa shape index (κ1) is 14.8. The lowest BCUT2D eigenvalue weighted by molar-refractivity contribution is -0.384. The molecule has 2 amide bonds. The average Bonchev–Trinajstić information content (AvgIpc) is 2.95. The van der Waals surface area contributed by atoms with Gasteiger partial charge >= 0.3 is 12.0 Å². The normalized spacial score (nSPS) is 17.5. The van der Waals surface area contributed by atoms with Crippen LogP contribution in [-0.2, 0) is 11.3 Å². The van der Waals surface area contributed by atoms with Crippen LogP contribution in [0.5, 0.6) is 0 Å². The van der Waals surface area contributed by atoms with Crippen molar-refractivity contribution in [2.45, 2.75) is 13.0 Å². The molecule has 1 aliphatic heterocycles. The maximum atomic E-state index is 11.9. The van der Waals surface area contributed by atoms with E-state index in [4.69, 9.17) is 5.11 Å². The monoisotopic (exact) mass is 293 g/mol. The van der Waals surface area contributed by atoms with E-state index in [-0.39, 0.29) is 24.8 Å². The van der Waals surface area contributed by atoms with E-state index >= 15 is 0 Å². The number of nitro benzene ring substituents is 1. The Morgan fingerprint density at radius 2 is 2.05 bits per heavy atom. The van der Waals surface area contributed by atoms with Gasteiger partial charge in [0.2, 0.25) is 0 Å². The Morgan fingerprint density at radius 3 is 2.57 bits per heavy atom. The van der Waals surface area contributed by atoms with Crippen LogP contribution in [0.1, 0.15) is 12.0 Å². The van der Waals surface area contributed by atoms with Gasteiger partial charge in [0, 0.05) is 31.8 Å². The lowest BCUT2D eigenvalue weighted by Gasteiger charge is -2.16. The minimum Gasteiger partial charge on any atom is -0.481 e.